The van der Waals surface area contributed by atoms with E-state index in [0.717, 1.165) is 31.7 Å². The van der Waals surface area contributed by atoms with Crippen molar-refractivity contribution in [2.24, 2.45) is 0 Å². The monoisotopic (exact) mass is 416 g/mol. The summed E-state index contributed by atoms with van der Waals surface area (Å²) >= 11 is 6.10. The predicted molar refractivity (Wildman–Crippen MR) is 113 cm³/mol. The molecule has 7 nitrogen and oxygen atoms in total. The summed E-state index contributed by atoms with van der Waals surface area (Å²) in [5.41, 5.74) is 2.43. The Bertz CT molecular complexity index is 880. The van der Waals surface area contributed by atoms with Crippen molar-refractivity contribution in [1.82, 2.24) is 15.1 Å². The van der Waals surface area contributed by atoms with Crippen LogP contribution in [0.15, 0.2) is 42.5 Å². The Morgan fingerprint density at radius 1 is 1.17 bits per heavy atom. The lowest BCUT2D eigenvalue weighted by atomic mass is 10.0. The average molecular weight is 417 g/mol. The number of halogens is 1. The minimum Gasteiger partial charge on any atom is -0.350 e. The zero-order valence-corrected chi connectivity index (χ0v) is 17.4. The van der Waals surface area contributed by atoms with Crippen LogP contribution >= 0.6 is 11.6 Å². The zero-order chi connectivity index (χ0) is 21.0. The van der Waals surface area contributed by atoms with E-state index < -0.39 is 4.92 Å². The molecular formula is C21H25ClN4O3. The summed E-state index contributed by atoms with van der Waals surface area (Å²) in [7, 11) is 2.11. The molecule has 2 aromatic carbocycles. The van der Waals surface area contributed by atoms with Crippen LogP contribution in [0.4, 0.5) is 5.69 Å². The van der Waals surface area contributed by atoms with E-state index in [1.165, 1.54) is 23.8 Å². The van der Waals surface area contributed by atoms with Gasteiger partial charge >= 0.3 is 0 Å². The smallest absolute Gasteiger partial charge is 0.270 e. The Hall–Kier alpha value is -2.48. The van der Waals surface area contributed by atoms with Crippen LogP contribution in [0.3, 0.4) is 0 Å². The Balaban J connectivity index is 1.75. The van der Waals surface area contributed by atoms with Gasteiger partial charge < -0.3 is 10.2 Å². The number of carbonyl (C=O) groups excluding carboxylic acids is 1. The third-order valence-corrected chi connectivity index (χ3v) is 5.62. The number of piperazine rings is 1. The fraction of sp³-hybridized carbons (Fsp3) is 0.381. The van der Waals surface area contributed by atoms with Gasteiger partial charge in [0.05, 0.1) is 21.6 Å². The molecule has 1 heterocycles. The number of aryl methyl sites for hydroxylation is 1. The topological polar surface area (TPSA) is 78.7 Å². The Morgan fingerprint density at radius 2 is 1.83 bits per heavy atom. The first-order valence-electron chi connectivity index (χ1n) is 9.56. The summed E-state index contributed by atoms with van der Waals surface area (Å²) in [5, 5.41) is 13.9. The highest BCUT2D eigenvalue weighted by molar-refractivity contribution is 6.34. The summed E-state index contributed by atoms with van der Waals surface area (Å²) in [4.78, 5) is 27.7. The fourth-order valence-corrected chi connectivity index (χ4v) is 3.73. The van der Waals surface area contributed by atoms with Crippen molar-refractivity contribution in [3.8, 4) is 0 Å². The molecule has 0 aromatic heterocycles. The number of nitro groups is 1. The minimum atomic E-state index is -0.533. The number of rotatable bonds is 6. The summed E-state index contributed by atoms with van der Waals surface area (Å²) in [5.74, 6) is -0.337. The van der Waals surface area contributed by atoms with E-state index in [1.807, 2.05) is 6.92 Å². The molecule has 8 heteroatoms. The lowest BCUT2D eigenvalue weighted by molar-refractivity contribution is -0.384. The SMILES string of the molecule is Cc1ccc(C(CNC(=O)c2ccc([N+](=O)[O-])cc2Cl)N2CCN(C)CC2)cc1. The molecule has 0 aliphatic carbocycles. The molecule has 1 amide bonds. The lowest BCUT2D eigenvalue weighted by Crippen LogP contribution is -2.48. The number of non-ortho nitro benzene ring substituents is 1. The van der Waals surface area contributed by atoms with Crippen LogP contribution in [0.5, 0.6) is 0 Å². The highest BCUT2D eigenvalue weighted by atomic mass is 35.5. The number of carbonyl (C=O) groups is 1. The summed E-state index contributed by atoms with van der Waals surface area (Å²) in [6, 6.07) is 12.3. The van der Waals surface area contributed by atoms with Gasteiger partial charge in [-0.2, -0.15) is 0 Å². The van der Waals surface area contributed by atoms with E-state index in [9.17, 15) is 14.9 Å². The molecule has 1 atom stereocenters. The number of hydrogen-bond donors (Lipinski definition) is 1. The number of nitrogens with zero attached hydrogens (tertiary/aromatic N) is 3. The second-order valence-corrected chi connectivity index (χ2v) is 7.80. The standard InChI is InChI=1S/C21H25ClN4O3/c1-15-3-5-16(6-4-15)20(25-11-9-24(2)10-12-25)14-23-21(27)18-8-7-17(26(28)29)13-19(18)22/h3-8,13,20H,9-12,14H2,1-2H3,(H,23,27). The van der Waals surface area contributed by atoms with Crippen LogP contribution in [-0.2, 0) is 0 Å². The molecule has 1 N–H and O–H groups in total. The van der Waals surface area contributed by atoms with Gasteiger partial charge in [-0.1, -0.05) is 41.4 Å². The van der Waals surface area contributed by atoms with Crippen molar-refractivity contribution >= 4 is 23.2 Å². The van der Waals surface area contributed by atoms with Crippen LogP contribution < -0.4 is 5.32 Å². The maximum Gasteiger partial charge on any atom is 0.270 e. The van der Waals surface area contributed by atoms with Crippen molar-refractivity contribution in [1.29, 1.82) is 0 Å². The first kappa shape index (κ1) is 21.2. The summed E-state index contributed by atoms with van der Waals surface area (Å²) < 4.78 is 0. The number of likely N-dealkylation sites (N-methyl/N-ethyl adjacent to an activating group) is 1. The third-order valence-electron chi connectivity index (χ3n) is 5.30. The number of amides is 1. The largest absolute Gasteiger partial charge is 0.350 e. The van der Waals surface area contributed by atoms with Crippen molar-refractivity contribution in [2.45, 2.75) is 13.0 Å². The van der Waals surface area contributed by atoms with Crippen molar-refractivity contribution in [2.75, 3.05) is 39.8 Å². The van der Waals surface area contributed by atoms with Crippen LogP contribution in [0.2, 0.25) is 5.02 Å². The molecule has 1 unspecified atom stereocenters. The van der Waals surface area contributed by atoms with Crippen molar-refractivity contribution in [3.05, 3.63) is 74.3 Å². The second-order valence-electron chi connectivity index (χ2n) is 7.40. The molecule has 1 aliphatic rings. The molecule has 154 valence electrons. The number of benzene rings is 2. The molecule has 0 bridgehead atoms. The van der Waals surface area contributed by atoms with Crippen molar-refractivity contribution < 1.29 is 9.72 Å². The second kappa shape index (κ2) is 9.35. The van der Waals surface area contributed by atoms with Gasteiger partial charge in [-0.25, -0.2) is 0 Å². The van der Waals surface area contributed by atoms with Gasteiger partial charge in [0.2, 0.25) is 0 Å². The lowest BCUT2D eigenvalue weighted by Gasteiger charge is -2.38. The highest BCUT2D eigenvalue weighted by Crippen LogP contribution is 2.24. The van der Waals surface area contributed by atoms with E-state index in [0.29, 0.717) is 6.54 Å². The average Bonchev–Trinajstić information content (AvgIpc) is 2.70. The normalized spacial score (nSPS) is 16.4. The van der Waals surface area contributed by atoms with Crippen LogP contribution in [0.25, 0.3) is 0 Å². The van der Waals surface area contributed by atoms with E-state index in [1.54, 1.807) is 0 Å². The summed E-state index contributed by atoms with van der Waals surface area (Å²) in [6.07, 6.45) is 0. The molecule has 3 rings (SSSR count). The van der Waals surface area contributed by atoms with Gasteiger partial charge in [0.1, 0.15) is 0 Å². The summed E-state index contributed by atoms with van der Waals surface area (Å²) in [6.45, 7) is 6.27. The number of hydrogen-bond acceptors (Lipinski definition) is 5. The molecule has 1 saturated heterocycles. The van der Waals surface area contributed by atoms with Crippen LogP contribution in [0, 0.1) is 17.0 Å². The molecule has 29 heavy (non-hydrogen) atoms. The van der Waals surface area contributed by atoms with Gasteiger partial charge in [0.25, 0.3) is 11.6 Å². The predicted octanol–water partition coefficient (Wildman–Crippen LogP) is 3.28. The van der Waals surface area contributed by atoms with Crippen LogP contribution in [-0.4, -0.2) is 60.4 Å². The Morgan fingerprint density at radius 3 is 2.41 bits per heavy atom. The highest BCUT2D eigenvalue weighted by Gasteiger charge is 2.25. The molecule has 1 aliphatic heterocycles. The Labute approximate surface area is 175 Å². The number of nitrogens with one attached hydrogen (secondary N) is 1. The number of nitro benzene ring substituents is 1. The molecule has 1 fully saturated rings. The van der Waals surface area contributed by atoms with Crippen molar-refractivity contribution in [3.63, 3.8) is 0 Å². The zero-order valence-electron chi connectivity index (χ0n) is 16.6. The molecule has 2 aromatic rings. The first-order chi connectivity index (χ1) is 13.8. The maximum absolute atomic E-state index is 12.7. The molecule has 0 saturated carbocycles. The van der Waals surface area contributed by atoms with Gasteiger partial charge in [-0.3, -0.25) is 19.8 Å². The van der Waals surface area contributed by atoms with Gasteiger partial charge in [-0.05, 0) is 25.6 Å². The maximum atomic E-state index is 12.7. The third kappa shape index (κ3) is 5.32. The van der Waals surface area contributed by atoms with Crippen LogP contribution in [0.1, 0.15) is 27.5 Å². The van der Waals surface area contributed by atoms with Gasteiger partial charge in [0, 0.05) is 44.9 Å². The van der Waals surface area contributed by atoms with E-state index in [2.05, 4.69) is 46.4 Å². The fourth-order valence-electron chi connectivity index (χ4n) is 3.47. The molecule has 0 radical (unpaired) electrons. The molecular weight excluding hydrogens is 392 g/mol. The van der Waals surface area contributed by atoms with E-state index in [-0.39, 0.29) is 28.2 Å². The first-order valence-corrected chi connectivity index (χ1v) is 9.94. The molecule has 0 spiro atoms. The van der Waals surface area contributed by atoms with Gasteiger partial charge in [-0.15, -0.1) is 0 Å². The minimum absolute atomic E-state index is 0.0464. The Kier molecular flexibility index (Phi) is 6.84. The van der Waals surface area contributed by atoms with E-state index in [4.69, 9.17) is 11.6 Å². The quantitative estimate of drug-likeness (QED) is 0.577. The van der Waals surface area contributed by atoms with E-state index >= 15 is 0 Å². The van der Waals surface area contributed by atoms with Gasteiger partial charge in [0.15, 0.2) is 0 Å².